The van der Waals surface area contributed by atoms with Gasteiger partial charge in [0, 0.05) is 29.0 Å². The van der Waals surface area contributed by atoms with E-state index >= 15 is 0 Å². The van der Waals surface area contributed by atoms with Gasteiger partial charge in [-0.3, -0.25) is 4.79 Å². The van der Waals surface area contributed by atoms with E-state index in [-0.39, 0.29) is 29.5 Å². The predicted octanol–water partition coefficient (Wildman–Crippen LogP) is 6.06. The maximum atomic E-state index is 13.5. The van der Waals surface area contributed by atoms with Crippen LogP contribution >= 0.6 is 0 Å². The summed E-state index contributed by atoms with van der Waals surface area (Å²) in [5.41, 5.74) is 3.14. The van der Waals surface area contributed by atoms with Gasteiger partial charge in [-0.25, -0.2) is 0 Å². The van der Waals surface area contributed by atoms with Crippen LogP contribution in [-0.4, -0.2) is 40.4 Å². The van der Waals surface area contributed by atoms with Gasteiger partial charge in [-0.1, -0.05) is 25.1 Å². The van der Waals surface area contributed by atoms with E-state index in [1.807, 2.05) is 19.1 Å². The first-order valence-corrected chi connectivity index (χ1v) is 12.6. The Balaban J connectivity index is 1.79. The van der Waals surface area contributed by atoms with Gasteiger partial charge >= 0.3 is 0 Å². The zero-order valence-electron chi connectivity index (χ0n) is 22.0. The first-order valence-electron chi connectivity index (χ1n) is 12.6. The topological polar surface area (TPSA) is 116 Å². The van der Waals surface area contributed by atoms with Crippen molar-refractivity contribution in [2.24, 2.45) is 0 Å². The van der Waals surface area contributed by atoms with Crippen molar-refractivity contribution in [3.8, 4) is 28.7 Å². The van der Waals surface area contributed by atoms with Crippen molar-refractivity contribution >= 4 is 5.78 Å². The Morgan fingerprint density at radius 1 is 0.718 bits per heavy atom. The summed E-state index contributed by atoms with van der Waals surface area (Å²) in [6.45, 7) is 1.81. The molecule has 0 heterocycles. The Labute approximate surface area is 227 Å². The van der Waals surface area contributed by atoms with Gasteiger partial charge in [-0.15, -0.1) is 0 Å². The summed E-state index contributed by atoms with van der Waals surface area (Å²) in [4.78, 5) is 13.5. The number of phenolic OH excluding ortho intramolecular Hbond substituents is 3. The highest BCUT2D eigenvalue weighted by Crippen LogP contribution is 2.42. The molecule has 39 heavy (non-hydrogen) atoms. The molecule has 7 heteroatoms. The second kappa shape index (κ2) is 11.9. The molecule has 0 aliphatic heterocycles. The van der Waals surface area contributed by atoms with E-state index in [0.29, 0.717) is 22.6 Å². The molecule has 0 aromatic heterocycles. The van der Waals surface area contributed by atoms with Crippen LogP contribution < -0.4 is 9.47 Å². The number of ether oxygens (including phenoxy) is 2. The molecule has 4 aromatic carbocycles. The highest BCUT2D eigenvalue weighted by molar-refractivity contribution is 6.01. The molecule has 0 saturated heterocycles. The van der Waals surface area contributed by atoms with E-state index in [1.165, 1.54) is 25.3 Å². The molecule has 0 saturated carbocycles. The molecule has 0 spiro atoms. The molecule has 0 aliphatic rings. The third-order valence-corrected chi connectivity index (χ3v) is 7.03. The molecule has 4 N–H and O–H groups in total. The minimum Gasteiger partial charge on any atom is -0.508 e. The van der Waals surface area contributed by atoms with Crippen molar-refractivity contribution in [3.05, 3.63) is 113 Å². The summed E-state index contributed by atoms with van der Waals surface area (Å²) in [5.74, 6) is 0.0267. The third kappa shape index (κ3) is 6.16. The Kier molecular flexibility index (Phi) is 8.42. The summed E-state index contributed by atoms with van der Waals surface area (Å²) in [5, 5.41) is 41.4. The second-order valence-corrected chi connectivity index (χ2v) is 9.45. The molecular weight excluding hydrogens is 496 g/mol. The van der Waals surface area contributed by atoms with Crippen LogP contribution in [0.25, 0.3) is 0 Å². The van der Waals surface area contributed by atoms with Crippen LogP contribution in [0.5, 0.6) is 28.7 Å². The van der Waals surface area contributed by atoms with Gasteiger partial charge in [-0.2, -0.15) is 0 Å². The van der Waals surface area contributed by atoms with Crippen LogP contribution in [0.4, 0.5) is 0 Å². The lowest BCUT2D eigenvalue weighted by Crippen LogP contribution is -2.16. The number of Topliss-reactive ketones (excluding diaryl/α,β-unsaturated/α-hetero) is 1. The number of phenols is 3. The van der Waals surface area contributed by atoms with E-state index in [9.17, 15) is 25.2 Å². The van der Waals surface area contributed by atoms with Crippen LogP contribution in [0.3, 0.4) is 0 Å². The van der Waals surface area contributed by atoms with E-state index in [0.717, 1.165) is 16.7 Å². The highest BCUT2D eigenvalue weighted by atomic mass is 16.5. The van der Waals surface area contributed by atoms with Gasteiger partial charge in [0.15, 0.2) is 5.78 Å². The summed E-state index contributed by atoms with van der Waals surface area (Å²) in [7, 11) is 3.05. The highest BCUT2D eigenvalue weighted by Gasteiger charge is 2.28. The lowest BCUT2D eigenvalue weighted by atomic mass is 9.79. The third-order valence-electron chi connectivity index (χ3n) is 7.03. The second-order valence-electron chi connectivity index (χ2n) is 9.45. The zero-order valence-corrected chi connectivity index (χ0v) is 22.0. The summed E-state index contributed by atoms with van der Waals surface area (Å²) in [6.07, 6.45) is -0.864. The molecule has 7 nitrogen and oxygen atoms in total. The van der Waals surface area contributed by atoms with Gasteiger partial charge in [-0.05, 0) is 83.8 Å². The SMILES string of the molecule is COc1ccc(C(O)CC(c2ccc(O)cc2)c2ccc(OC)cc2C(C)C(=O)c2ccc(O)cc2)c(O)c1. The zero-order chi connectivity index (χ0) is 28.1. The number of hydrogen-bond acceptors (Lipinski definition) is 7. The molecule has 0 amide bonds. The van der Waals surface area contributed by atoms with Gasteiger partial charge in [0.25, 0.3) is 0 Å². The minimum atomic E-state index is -1.05. The molecule has 4 aromatic rings. The lowest BCUT2D eigenvalue weighted by Gasteiger charge is -2.27. The number of hydrogen-bond donors (Lipinski definition) is 4. The quantitative estimate of drug-likeness (QED) is 0.185. The van der Waals surface area contributed by atoms with E-state index in [1.54, 1.807) is 61.7 Å². The van der Waals surface area contributed by atoms with Crippen molar-refractivity contribution in [3.63, 3.8) is 0 Å². The number of benzene rings is 4. The number of methoxy groups -OCH3 is 2. The molecule has 0 radical (unpaired) electrons. The fourth-order valence-corrected chi connectivity index (χ4v) is 4.82. The van der Waals surface area contributed by atoms with Gasteiger partial charge in [0.1, 0.15) is 28.7 Å². The number of aromatic hydroxyl groups is 3. The van der Waals surface area contributed by atoms with Crippen LogP contribution in [-0.2, 0) is 0 Å². The van der Waals surface area contributed by atoms with Crippen molar-refractivity contribution in [1.29, 1.82) is 0 Å². The number of aliphatic hydroxyl groups is 1. The fourth-order valence-electron chi connectivity index (χ4n) is 4.82. The molecule has 0 aliphatic carbocycles. The number of rotatable bonds is 10. The van der Waals surface area contributed by atoms with E-state index in [4.69, 9.17) is 9.47 Å². The van der Waals surface area contributed by atoms with E-state index < -0.39 is 17.9 Å². The van der Waals surface area contributed by atoms with Crippen LogP contribution in [0.15, 0.2) is 84.9 Å². The van der Waals surface area contributed by atoms with Crippen molar-refractivity contribution in [1.82, 2.24) is 0 Å². The Bertz CT molecular complexity index is 1430. The number of carbonyl (C=O) groups is 1. The number of aliphatic hydroxyl groups excluding tert-OH is 1. The molecule has 0 bridgehead atoms. The fraction of sp³-hybridized carbons (Fsp3) is 0.219. The summed E-state index contributed by atoms with van der Waals surface area (Å²) < 4.78 is 10.6. The lowest BCUT2D eigenvalue weighted by molar-refractivity contribution is 0.0965. The average Bonchev–Trinajstić information content (AvgIpc) is 2.95. The summed E-state index contributed by atoms with van der Waals surface area (Å²) >= 11 is 0. The standard InChI is InChI=1S/C32H32O7/c1-19(32(37)21-6-10-23(34)11-7-21)28-16-24(38-2)12-14-26(28)29(20-4-8-22(33)9-5-20)18-31(36)27-15-13-25(39-3)17-30(27)35/h4-17,19,29,31,33-36H,18H2,1-3H3. The first-order chi connectivity index (χ1) is 18.7. The van der Waals surface area contributed by atoms with Gasteiger partial charge in [0.05, 0.1) is 20.3 Å². The largest absolute Gasteiger partial charge is 0.508 e. The van der Waals surface area contributed by atoms with Gasteiger partial charge in [0.2, 0.25) is 0 Å². The Hall–Kier alpha value is -4.49. The number of ketones is 1. The molecule has 4 rings (SSSR count). The van der Waals surface area contributed by atoms with Crippen LogP contribution in [0.2, 0.25) is 0 Å². The van der Waals surface area contributed by atoms with Crippen molar-refractivity contribution < 1.29 is 34.7 Å². The molecule has 3 atom stereocenters. The molecule has 3 unspecified atom stereocenters. The maximum absolute atomic E-state index is 13.5. The summed E-state index contributed by atoms with van der Waals surface area (Å²) in [6, 6.07) is 23.1. The van der Waals surface area contributed by atoms with Gasteiger partial charge < -0.3 is 29.9 Å². The van der Waals surface area contributed by atoms with E-state index in [2.05, 4.69) is 0 Å². The van der Waals surface area contributed by atoms with Crippen LogP contribution in [0, 0.1) is 0 Å². The van der Waals surface area contributed by atoms with Crippen LogP contribution in [0.1, 0.15) is 63.9 Å². The maximum Gasteiger partial charge on any atom is 0.170 e. The monoisotopic (exact) mass is 528 g/mol. The number of carbonyl (C=O) groups excluding carboxylic acids is 1. The Morgan fingerprint density at radius 3 is 1.82 bits per heavy atom. The Morgan fingerprint density at radius 2 is 1.26 bits per heavy atom. The molecular formula is C32H32O7. The van der Waals surface area contributed by atoms with Crippen molar-refractivity contribution in [2.45, 2.75) is 31.3 Å². The molecule has 202 valence electrons. The average molecular weight is 529 g/mol. The predicted molar refractivity (Wildman–Crippen MR) is 148 cm³/mol. The minimum absolute atomic E-state index is 0.0736. The first kappa shape index (κ1) is 27.5. The normalized spacial score (nSPS) is 13.3. The smallest absolute Gasteiger partial charge is 0.170 e. The van der Waals surface area contributed by atoms with Crippen molar-refractivity contribution in [2.75, 3.05) is 14.2 Å². The molecule has 0 fully saturated rings.